The summed E-state index contributed by atoms with van der Waals surface area (Å²) in [6.45, 7) is 0. The minimum Gasteiger partial charge on any atom is -0.456 e. The summed E-state index contributed by atoms with van der Waals surface area (Å²) < 4.78 is 8.78. The van der Waals surface area contributed by atoms with Crippen LogP contribution in [-0.4, -0.2) is 14.5 Å². The second-order valence-electron chi connectivity index (χ2n) is 12.6. The average Bonchev–Trinajstić information content (AvgIpc) is 3.74. The first-order valence-electron chi connectivity index (χ1n) is 16.8. The van der Waals surface area contributed by atoms with E-state index in [1.807, 2.05) is 48.5 Å². The molecule has 4 nitrogen and oxygen atoms in total. The van der Waals surface area contributed by atoms with Gasteiger partial charge in [0.15, 0.2) is 5.82 Å². The molecule has 0 N–H and O–H groups in total. The van der Waals surface area contributed by atoms with Gasteiger partial charge in [-0.3, -0.25) is 0 Å². The molecule has 0 saturated heterocycles. The number of benzene rings is 7. The summed E-state index contributed by atoms with van der Waals surface area (Å²) in [5, 5.41) is 4.63. The van der Waals surface area contributed by atoms with E-state index in [-0.39, 0.29) is 0 Å². The van der Waals surface area contributed by atoms with Crippen LogP contribution in [0.15, 0.2) is 180 Å². The van der Waals surface area contributed by atoms with E-state index in [1.54, 1.807) is 0 Å². The summed E-state index contributed by atoms with van der Waals surface area (Å²) in [7, 11) is 0. The molecule has 10 aromatic rings. The number of furan rings is 1. The van der Waals surface area contributed by atoms with Crippen LogP contribution in [0.25, 0.3) is 94.5 Å². The molecule has 3 aromatic heterocycles. The van der Waals surface area contributed by atoms with Crippen LogP contribution >= 0.6 is 0 Å². The van der Waals surface area contributed by atoms with Crippen molar-refractivity contribution >= 4 is 43.7 Å². The van der Waals surface area contributed by atoms with Crippen molar-refractivity contribution in [2.24, 2.45) is 0 Å². The third-order valence-corrected chi connectivity index (χ3v) is 9.62. The standard InChI is InChI=1S/C46H29N3O/c1-4-12-30(13-5-1)34-22-25-36-37-26-27-43-44(38-18-10-11-19-42(38)50-43)45(37)49(41(36)28-34)35-23-20-32(21-24-35)40-29-39(31-14-6-2-7-15-31)47-46(48-40)33-16-8-3-9-17-33/h1-29H. The summed E-state index contributed by atoms with van der Waals surface area (Å²) in [5.41, 5.74) is 12.3. The molecule has 0 fully saturated rings. The molecule has 0 atom stereocenters. The number of fused-ring (bicyclic) bond motifs is 7. The van der Waals surface area contributed by atoms with Gasteiger partial charge in [-0.1, -0.05) is 133 Å². The fourth-order valence-electron chi connectivity index (χ4n) is 7.24. The van der Waals surface area contributed by atoms with Crippen molar-refractivity contribution < 1.29 is 4.42 Å². The van der Waals surface area contributed by atoms with Crippen LogP contribution in [0.5, 0.6) is 0 Å². The zero-order valence-corrected chi connectivity index (χ0v) is 27.0. The fraction of sp³-hybridized carbons (Fsp3) is 0. The summed E-state index contributed by atoms with van der Waals surface area (Å²) in [4.78, 5) is 10.1. The predicted molar refractivity (Wildman–Crippen MR) is 205 cm³/mol. The largest absolute Gasteiger partial charge is 0.456 e. The highest BCUT2D eigenvalue weighted by atomic mass is 16.3. The van der Waals surface area contributed by atoms with E-state index in [1.165, 1.54) is 21.9 Å². The number of para-hydroxylation sites is 1. The average molecular weight is 640 g/mol. The Bertz CT molecular complexity index is 2780. The number of rotatable bonds is 5. The SMILES string of the molecule is c1ccc(-c2ccc3c4ccc5oc6ccccc6c5c4n(-c4ccc(-c5cc(-c6ccccc6)nc(-c6ccccc6)n5)cc4)c3c2)cc1. The Labute approximate surface area is 288 Å². The molecule has 0 amide bonds. The Hall–Kier alpha value is -6.78. The molecule has 0 aliphatic carbocycles. The maximum Gasteiger partial charge on any atom is 0.160 e. The van der Waals surface area contributed by atoms with Crippen LogP contribution in [0.4, 0.5) is 0 Å². The zero-order chi connectivity index (χ0) is 33.0. The van der Waals surface area contributed by atoms with Crippen molar-refractivity contribution in [3.05, 3.63) is 176 Å². The van der Waals surface area contributed by atoms with Crippen molar-refractivity contribution in [3.63, 3.8) is 0 Å². The molecular formula is C46H29N3O. The fourth-order valence-corrected chi connectivity index (χ4v) is 7.24. The smallest absolute Gasteiger partial charge is 0.160 e. The van der Waals surface area contributed by atoms with Crippen LogP contribution in [0.3, 0.4) is 0 Å². The topological polar surface area (TPSA) is 43.9 Å². The van der Waals surface area contributed by atoms with E-state index >= 15 is 0 Å². The van der Waals surface area contributed by atoms with Gasteiger partial charge in [0.05, 0.1) is 27.8 Å². The van der Waals surface area contributed by atoms with Gasteiger partial charge in [0.25, 0.3) is 0 Å². The molecule has 3 heterocycles. The van der Waals surface area contributed by atoms with E-state index < -0.39 is 0 Å². The molecule has 0 saturated carbocycles. The van der Waals surface area contributed by atoms with Gasteiger partial charge < -0.3 is 8.98 Å². The van der Waals surface area contributed by atoms with Crippen LogP contribution in [-0.2, 0) is 0 Å². The number of hydrogen-bond donors (Lipinski definition) is 0. The van der Waals surface area contributed by atoms with E-state index in [0.717, 1.165) is 66.7 Å². The molecule has 0 unspecified atom stereocenters. The lowest BCUT2D eigenvalue weighted by Gasteiger charge is -2.12. The highest BCUT2D eigenvalue weighted by Crippen LogP contribution is 2.42. The third-order valence-electron chi connectivity index (χ3n) is 9.62. The summed E-state index contributed by atoms with van der Waals surface area (Å²) in [5.74, 6) is 0.705. The van der Waals surface area contributed by atoms with Gasteiger partial charge in [0.2, 0.25) is 0 Å². The van der Waals surface area contributed by atoms with Gasteiger partial charge >= 0.3 is 0 Å². The van der Waals surface area contributed by atoms with Gasteiger partial charge in [-0.15, -0.1) is 0 Å². The highest BCUT2D eigenvalue weighted by molar-refractivity contribution is 6.24. The van der Waals surface area contributed by atoms with Gasteiger partial charge in [-0.2, -0.15) is 0 Å². The molecule has 0 bridgehead atoms. The lowest BCUT2D eigenvalue weighted by Crippen LogP contribution is -1.97. The second-order valence-corrected chi connectivity index (χ2v) is 12.6. The maximum absolute atomic E-state index is 6.39. The molecule has 50 heavy (non-hydrogen) atoms. The predicted octanol–water partition coefficient (Wildman–Crippen LogP) is 12.1. The number of nitrogens with zero attached hydrogens (tertiary/aromatic N) is 3. The Morgan fingerprint density at radius 3 is 1.70 bits per heavy atom. The maximum atomic E-state index is 6.39. The zero-order valence-electron chi connectivity index (χ0n) is 27.0. The molecule has 0 spiro atoms. The van der Waals surface area contributed by atoms with E-state index in [0.29, 0.717) is 5.82 Å². The minimum absolute atomic E-state index is 0.705. The molecule has 0 radical (unpaired) electrons. The first-order valence-corrected chi connectivity index (χ1v) is 16.8. The quantitative estimate of drug-likeness (QED) is 0.188. The Kier molecular flexibility index (Phi) is 6.46. The van der Waals surface area contributed by atoms with Crippen LogP contribution in [0, 0.1) is 0 Å². The highest BCUT2D eigenvalue weighted by Gasteiger charge is 2.20. The summed E-state index contributed by atoms with van der Waals surface area (Å²) >= 11 is 0. The van der Waals surface area contributed by atoms with Gasteiger partial charge in [0.1, 0.15) is 11.2 Å². The van der Waals surface area contributed by atoms with Gasteiger partial charge in [-0.25, -0.2) is 9.97 Å². The van der Waals surface area contributed by atoms with Crippen molar-refractivity contribution in [1.82, 2.24) is 14.5 Å². The lowest BCUT2D eigenvalue weighted by atomic mass is 10.0. The first kappa shape index (κ1) is 28.3. The van der Waals surface area contributed by atoms with Crippen LogP contribution < -0.4 is 0 Å². The molecule has 0 aliphatic heterocycles. The summed E-state index contributed by atoms with van der Waals surface area (Å²) in [6.07, 6.45) is 0. The van der Waals surface area contributed by atoms with Crippen LogP contribution in [0.2, 0.25) is 0 Å². The minimum atomic E-state index is 0.705. The van der Waals surface area contributed by atoms with Crippen molar-refractivity contribution in [2.45, 2.75) is 0 Å². The van der Waals surface area contributed by atoms with Crippen molar-refractivity contribution in [2.75, 3.05) is 0 Å². The molecule has 0 aliphatic rings. The Balaban J connectivity index is 1.20. The summed E-state index contributed by atoms with van der Waals surface area (Å²) in [6, 6.07) is 61.3. The van der Waals surface area contributed by atoms with E-state index in [4.69, 9.17) is 14.4 Å². The normalized spacial score (nSPS) is 11.6. The molecule has 234 valence electrons. The van der Waals surface area contributed by atoms with Gasteiger partial charge in [-0.05, 0) is 53.6 Å². The Morgan fingerprint density at radius 1 is 0.400 bits per heavy atom. The second kappa shape index (κ2) is 11.4. The molecule has 7 aromatic carbocycles. The number of aromatic nitrogens is 3. The molecular weight excluding hydrogens is 611 g/mol. The van der Waals surface area contributed by atoms with Crippen LogP contribution in [0.1, 0.15) is 0 Å². The van der Waals surface area contributed by atoms with Crippen molar-refractivity contribution in [3.8, 4) is 50.7 Å². The van der Waals surface area contributed by atoms with Gasteiger partial charge in [0, 0.05) is 38.5 Å². The number of hydrogen-bond acceptors (Lipinski definition) is 3. The monoisotopic (exact) mass is 639 g/mol. The van der Waals surface area contributed by atoms with E-state index in [2.05, 4.69) is 132 Å². The third kappa shape index (κ3) is 4.61. The molecule has 4 heteroatoms. The first-order chi connectivity index (χ1) is 24.8. The van der Waals surface area contributed by atoms with E-state index in [9.17, 15) is 0 Å². The Morgan fingerprint density at radius 2 is 0.980 bits per heavy atom. The lowest BCUT2D eigenvalue weighted by molar-refractivity contribution is 0.669. The molecule has 10 rings (SSSR count). The van der Waals surface area contributed by atoms with Crippen molar-refractivity contribution in [1.29, 1.82) is 0 Å².